The predicted octanol–water partition coefficient (Wildman–Crippen LogP) is 10.9. The molecule has 0 spiro atoms. The molecule has 0 fully saturated rings. The molecule has 0 heterocycles. The lowest BCUT2D eigenvalue weighted by atomic mass is 9.99. The molecule has 4 heteroatoms. The summed E-state index contributed by atoms with van der Waals surface area (Å²) in [5, 5.41) is 0. The SMILES string of the molecule is CCCCCCCC/C=C\CCCCCCCCc1cc(CCCCCCCCCC)ccc1S(=O)(=O)[O-]. The van der Waals surface area contributed by atoms with Crippen LogP contribution in [0, 0.1) is 0 Å². The van der Waals surface area contributed by atoms with Crippen LogP contribution in [0.5, 0.6) is 0 Å². The summed E-state index contributed by atoms with van der Waals surface area (Å²) in [4.78, 5) is -0.00933. The second kappa shape index (κ2) is 23.7. The molecule has 0 saturated heterocycles. The van der Waals surface area contributed by atoms with Crippen molar-refractivity contribution in [2.75, 3.05) is 0 Å². The van der Waals surface area contributed by atoms with Crippen LogP contribution < -0.4 is 0 Å². The Labute approximate surface area is 237 Å². The summed E-state index contributed by atoms with van der Waals surface area (Å²) < 4.78 is 35.3. The van der Waals surface area contributed by atoms with E-state index in [0.717, 1.165) is 31.2 Å². The quantitative estimate of drug-likeness (QED) is 0.0658. The fourth-order valence-corrected chi connectivity index (χ4v) is 5.97. The molecule has 0 saturated carbocycles. The van der Waals surface area contributed by atoms with Gasteiger partial charge >= 0.3 is 0 Å². The van der Waals surface area contributed by atoms with Gasteiger partial charge in [0.1, 0.15) is 10.1 Å². The molecule has 220 valence electrons. The number of aryl methyl sites for hydroxylation is 2. The molecule has 0 aromatic heterocycles. The zero-order valence-electron chi connectivity index (χ0n) is 25.0. The minimum atomic E-state index is -4.42. The number of hydrogen-bond donors (Lipinski definition) is 0. The van der Waals surface area contributed by atoms with Gasteiger partial charge in [-0.1, -0.05) is 141 Å². The summed E-state index contributed by atoms with van der Waals surface area (Å²) in [7, 11) is -4.42. The smallest absolute Gasteiger partial charge is 0.124 e. The lowest BCUT2D eigenvalue weighted by Gasteiger charge is -2.15. The van der Waals surface area contributed by atoms with Gasteiger partial charge in [0.2, 0.25) is 0 Å². The van der Waals surface area contributed by atoms with Gasteiger partial charge in [0, 0.05) is 0 Å². The Morgan fingerprint density at radius 3 is 1.47 bits per heavy atom. The van der Waals surface area contributed by atoms with Crippen molar-refractivity contribution >= 4 is 10.1 Å². The highest BCUT2D eigenvalue weighted by Crippen LogP contribution is 2.22. The van der Waals surface area contributed by atoms with E-state index in [9.17, 15) is 13.0 Å². The highest BCUT2D eigenvalue weighted by molar-refractivity contribution is 7.85. The van der Waals surface area contributed by atoms with Crippen molar-refractivity contribution in [3.63, 3.8) is 0 Å². The molecule has 0 radical (unpaired) electrons. The zero-order valence-corrected chi connectivity index (χ0v) is 25.8. The average Bonchev–Trinajstić information content (AvgIpc) is 2.89. The molecular weight excluding hydrogens is 488 g/mol. The van der Waals surface area contributed by atoms with Gasteiger partial charge in [0.05, 0.1) is 4.90 Å². The maximum atomic E-state index is 11.8. The molecule has 0 aliphatic heterocycles. The van der Waals surface area contributed by atoms with Crippen molar-refractivity contribution in [2.45, 2.75) is 173 Å². The third kappa shape index (κ3) is 19.0. The van der Waals surface area contributed by atoms with Crippen molar-refractivity contribution in [2.24, 2.45) is 0 Å². The summed E-state index contributed by atoms with van der Waals surface area (Å²) in [6.45, 7) is 4.51. The minimum Gasteiger partial charge on any atom is -0.744 e. The Morgan fingerprint density at radius 2 is 1.00 bits per heavy atom. The van der Waals surface area contributed by atoms with E-state index < -0.39 is 10.1 Å². The number of allylic oxidation sites excluding steroid dienone is 2. The van der Waals surface area contributed by atoms with Crippen LogP contribution in [-0.2, 0) is 23.0 Å². The first kappa shape index (κ1) is 34.9. The number of hydrogen-bond acceptors (Lipinski definition) is 3. The van der Waals surface area contributed by atoms with Crippen LogP contribution in [-0.4, -0.2) is 13.0 Å². The highest BCUT2D eigenvalue weighted by Gasteiger charge is 2.10. The molecule has 0 amide bonds. The van der Waals surface area contributed by atoms with Gasteiger partial charge in [-0.3, -0.25) is 0 Å². The summed E-state index contributed by atoms with van der Waals surface area (Å²) in [5.74, 6) is 0. The van der Waals surface area contributed by atoms with Crippen LogP contribution in [0.3, 0.4) is 0 Å². The summed E-state index contributed by atoms with van der Waals surface area (Å²) in [5.41, 5.74) is 1.90. The third-order valence-electron chi connectivity index (χ3n) is 7.67. The molecule has 1 aromatic carbocycles. The minimum absolute atomic E-state index is 0.00933. The maximum absolute atomic E-state index is 11.8. The van der Waals surface area contributed by atoms with Gasteiger partial charge in [0.25, 0.3) is 0 Å². The van der Waals surface area contributed by atoms with Crippen LogP contribution in [0.4, 0.5) is 0 Å². The molecule has 0 aliphatic carbocycles. The average molecular weight is 548 g/mol. The maximum Gasteiger partial charge on any atom is 0.124 e. The predicted molar refractivity (Wildman–Crippen MR) is 164 cm³/mol. The number of benzene rings is 1. The normalized spacial score (nSPS) is 12.1. The third-order valence-corrected chi connectivity index (χ3v) is 8.61. The van der Waals surface area contributed by atoms with E-state index in [1.807, 2.05) is 12.1 Å². The highest BCUT2D eigenvalue weighted by atomic mass is 32.2. The Hall–Kier alpha value is -1.13. The van der Waals surface area contributed by atoms with Crippen molar-refractivity contribution < 1.29 is 13.0 Å². The molecule has 0 N–H and O–H groups in total. The molecular formula is C34H59O3S-. The number of unbranched alkanes of at least 4 members (excludes halogenated alkanes) is 19. The van der Waals surface area contributed by atoms with Gasteiger partial charge in [-0.05, 0) is 68.6 Å². The van der Waals surface area contributed by atoms with E-state index >= 15 is 0 Å². The molecule has 1 rings (SSSR count). The van der Waals surface area contributed by atoms with Crippen LogP contribution in [0.15, 0.2) is 35.2 Å². The van der Waals surface area contributed by atoms with Crippen LogP contribution >= 0.6 is 0 Å². The molecule has 0 aliphatic rings. The van der Waals surface area contributed by atoms with Gasteiger partial charge in [-0.2, -0.15) is 0 Å². The second-order valence-corrected chi connectivity index (χ2v) is 12.7. The van der Waals surface area contributed by atoms with Crippen LogP contribution in [0.1, 0.15) is 166 Å². The monoisotopic (exact) mass is 547 g/mol. The lowest BCUT2D eigenvalue weighted by molar-refractivity contribution is 0.461. The molecule has 38 heavy (non-hydrogen) atoms. The fourth-order valence-electron chi connectivity index (χ4n) is 5.25. The largest absolute Gasteiger partial charge is 0.744 e. The first-order valence-corrected chi connectivity index (χ1v) is 17.6. The molecule has 0 bridgehead atoms. The first-order valence-electron chi connectivity index (χ1n) is 16.2. The summed E-state index contributed by atoms with van der Waals surface area (Å²) in [6.07, 6.45) is 34.2. The van der Waals surface area contributed by atoms with Crippen molar-refractivity contribution in [3.05, 3.63) is 41.5 Å². The van der Waals surface area contributed by atoms with Crippen molar-refractivity contribution in [3.8, 4) is 0 Å². The lowest BCUT2D eigenvalue weighted by Crippen LogP contribution is -2.05. The second-order valence-electron chi connectivity index (χ2n) is 11.3. The molecule has 3 nitrogen and oxygen atoms in total. The van der Waals surface area contributed by atoms with Crippen molar-refractivity contribution in [1.29, 1.82) is 0 Å². The number of rotatable bonds is 26. The van der Waals surface area contributed by atoms with E-state index in [-0.39, 0.29) is 4.90 Å². The Kier molecular flexibility index (Phi) is 21.8. The Balaban J connectivity index is 2.21. The van der Waals surface area contributed by atoms with E-state index in [0.29, 0.717) is 6.42 Å². The van der Waals surface area contributed by atoms with Crippen LogP contribution in [0.2, 0.25) is 0 Å². The van der Waals surface area contributed by atoms with Gasteiger partial charge in [0.15, 0.2) is 0 Å². The van der Waals surface area contributed by atoms with E-state index in [1.165, 1.54) is 128 Å². The summed E-state index contributed by atoms with van der Waals surface area (Å²) in [6, 6.07) is 5.39. The van der Waals surface area contributed by atoms with E-state index in [1.54, 1.807) is 6.07 Å². The molecule has 1 aromatic rings. The van der Waals surface area contributed by atoms with Gasteiger partial charge in [-0.15, -0.1) is 0 Å². The fraction of sp³-hybridized carbons (Fsp3) is 0.765. The van der Waals surface area contributed by atoms with E-state index in [4.69, 9.17) is 0 Å². The topological polar surface area (TPSA) is 57.2 Å². The van der Waals surface area contributed by atoms with Crippen LogP contribution in [0.25, 0.3) is 0 Å². The Morgan fingerprint density at radius 1 is 0.579 bits per heavy atom. The van der Waals surface area contributed by atoms with Gasteiger partial charge < -0.3 is 4.55 Å². The first-order chi connectivity index (χ1) is 18.5. The summed E-state index contributed by atoms with van der Waals surface area (Å²) >= 11 is 0. The zero-order chi connectivity index (χ0) is 27.7. The Bertz CT molecular complexity index is 813. The molecule has 0 atom stereocenters. The van der Waals surface area contributed by atoms with E-state index in [2.05, 4.69) is 26.0 Å². The standard InChI is InChI=1S/C34H60O3S/c1-3-5-7-9-11-13-14-15-16-17-18-19-20-22-24-26-28-33-31-32(29-30-34(33)38(35,36)37)27-25-23-21-12-10-8-6-4-2/h15-16,29-31H,3-14,17-28H2,1-2H3,(H,35,36,37)/p-1/b16-15-. The van der Waals surface area contributed by atoms with Gasteiger partial charge in [-0.25, -0.2) is 8.42 Å². The van der Waals surface area contributed by atoms with Crippen molar-refractivity contribution in [1.82, 2.24) is 0 Å². The molecule has 0 unspecified atom stereocenters.